The molecule has 0 bridgehead atoms. The number of amides is 2. The Hall–Kier alpha value is -1.92. The van der Waals surface area contributed by atoms with Gasteiger partial charge >= 0.3 is 0 Å². The van der Waals surface area contributed by atoms with Gasteiger partial charge < -0.3 is 14.9 Å². The van der Waals surface area contributed by atoms with Crippen LogP contribution in [0.1, 0.15) is 30.9 Å². The number of aryl methyl sites for hydroxylation is 1. The largest absolute Gasteiger partial charge is 0.378 e. The number of β-amino-alcohol motifs (C(OH)–C–C–N with tert-alkyl or cyclic N) is 1. The van der Waals surface area contributed by atoms with Gasteiger partial charge in [0.05, 0.1) is 6.54 Å². The highest BCUT2D eigenvalue weighted by Crippen LogP contribution is 2.24. The average Bonchev–Trinajstić information content (AvgIpc) is 2.64. The number of carbonyl (C=O) groups is 2. The van der Waals surface area contributed by atoms with Crippen molar-refractivity contribution in [3.05, 3.63) is 35.4 Å². The molecule has 0 aromatic heterocycles. The molecule has 1 N–H and O–H groups in total. The second kappa shape index (κ2) is 7.76. The minimum atomic E-state index is -1.43. The highest BCUT2D eigenvalue weighted by atomic mass is 16.3. The maximum absolute atomic E-state index is 12.9. The van der Waals surface area contributed by atoms with Gasteiger partial charge in [0.2, 0.25) is 5.91 Å². The van der Waals surface area contributed by atoms with Gasteiger partial charge in [-0.25, -0.2) is 0 Å². The van der Waals surface area contributed by atoms with Gasteiger partial charge in [-0.05, 0) is 30.9 Å². The van der Waals surface area contributed by atoms with Crippen molar-refractivity contribution < 1.29 is 14.7 Å². The molecule has 0 unspecified atom stereocenters. The zero-order valence-corrected chi connectivity index (χ0v) is 15.8. The molecule has 0 aliphatic carbocycles. The lowest BCUT2D eigenvalue weighted by Gasteiger charge is -2.43. The zero-order chi connectivity index (χ0) is 18.7. The van der Waals surface area contributed by atoms with E-state index in [0.717, 1.165) is 19.6 Å². The predicted molar refractivity (Wildman–Crippen MR) is 99.5 cm³/mol. The lowest BCUT2D eigenvalue weighted by molar-refractivity contribution is -0.161. The Morgan fingerprint density at radius 2 is 1.77 bits per heavy atom. The van der Waals surface area contributed by atoms with Crippen molar-refractivity contribution in [1.29, 1.82) is 0 Å². The van der Waals surface area contributed by atoms with E-state index in [1.807, 2.05) is 6.07 Å². The van der Waals surface area contributed by atoms with E-state index >= 15 is 0 Å². The Labute approximate surface area is 155 Å². The van der Waals surface area contributed by atoms with E-state index in [4.69, 9.17) is 0 Å². The fraction of sp³-hybridized carbons (Fsp3) is 0.600. The number of piperidine rings is 1. The molecule has 1 aromatic rings. The molecular formula is C20H29N3O3. The summed E-state index contributed by atoms with van der Waals surface area (Å²) in [4.78, 5) is 30.2. The van der Waals surface area contributed by atoms with Gasteiger partial charge in [0.25, 0.3) is 5.91 Å². The summed E-state index contributed by atoms with van der Waals surface area (Å²) in [5.74, 6) is -0.307. The molecule has 0 radical (unpaired) electrons. The van der Waals surface area contributed by atoms with Crippen LogP contribution in [-0.4, -0.2) is 76.5 Å². The first-order valence-corrected chi connectivity index (χ1v) is 9.43. The summed E-state index contributed by atoms with van der Waals surface area (Å²) in [7, 11) is 0. The molecule has 2 amide bonds. The van der Waals surface area contributed by atoms with Crippen LogP contribution < -0.4 is 0 Å². The molecule has 2 fully saturated rings. The highest BCUT2D eigenvalue weighted by molar-refractivity contribution is 5.86. The Morgan fingerprint density at radius 1 is 1.08 bits per heavy atom. The highest BCUT2D eigenvalue weighted by Gasteiger charge is 2.43. The Morgan fingerprint density at radius 3 is 2.42 bits per heavy atom. The number of aliphatic hydroxyl groups is 1. The Balaban J connectivity index is 1.56. The molecule has 0 saturated carbocycles. The molecule has 2 aliphatic heterocycles. The number of likely N-dealkylation sites (tertiary alicyclic amines) is 1. The monoisotopic (exact) mass is 359 g/mol. The third kappa shape index (κ3) is 4.07. The van der Waals surface area contributed by atoms with Crippen molar-refractivity contribution in [3.63, 3.8) is 0 Å². The molecule has 0 spiro atoms. The molecular weight excluding hydrogens is 330 g/mol. The SMILES string of the molecule is CC(=O)N1CCC[C@](O)(C(=O)N2CCN(Cc3ccccc3C)CC2)C1. The lowest BCUT2D eigenvalue weighted by Crippen LogP contribution is -2.61. The van der Waals surface area contributed by atoms with E-state index in [9.17, 15) is 14.7 Å². The van der Waals surface area contributed by atoms with Gasteiger partial charge in [0.1, 0.15) is 0 Å². The van der Waals surface area contributed by atoms with E-state index < -0.39 is 5.60 Å². The maximum atomic E-state index is 12.9. The van der Waals surface area contributed by atoms with Gasteiger partial charge in [-0.2, -0.15) is 0 Å². The van der Waals surface area contributed by atoms with E-state index in [2.05, 4.69) is 30.0 Å². The molecule has 26 heavy (non-hydrogen) atoms. The summed E-state index contributed by atoms with van der Waals surface area (Å²) in [6, 6.07) is 8.37. The number of piperazine rings is 1. The smallest absolute Gasteiger partial charge is 0.256 e. The van der Waals surface area contributed by atoms with Crippen molar-refractivity contribution >= 4 is 11.8 Å². The van der Waals surface area contributed by atoms with E-state index in [1.54, 1.807) is 9.80 Å². The van der Waals surface area contributed by atoms with Crippen LogP contribution in [0, 0.1) is 6.92 Å². The molecule has 6 nitrogen and oxygen atoms in total. The van der Waals surface area contributed by atoms with E-state index in [0.29, 0.717) is 32.5 Å². The number of benzene rings is 1. The van der Waals surface area contributed by atoms with Crippen molar-refractivity contribution in [3.8, 4) is 0 Å². The fourth-order valence-electron chi connectivity index (χ4n) is 3.91. The summed E-state index contributed by atoms with van der Waals surface area (Å²) in [6.07, 6.45) is 1.09. The molecule has 2 saturated heterocycles. The van der Waals surface area contributed by atoms with Crippen LogP contribution in [0.5, 0.6) is 0 Å². The minimum absolute atomic E-state index is 0.0843. The minimum Gasteiger partial charge on any atom is -0.378 e. The second-order valence-corrected chi connectivity index (χ2v) is 7.57. The van der Waals surface area contributed by atoms with Crippen LogP contribution in [0.2, 0.25) is 0 Å². The first-order chi connectivity index (χ1) is 12.4. The average molecular weight is 359 g/mol. The van der Waals surface area contributed by atoms with Gasteiger partial charge in [-0.3, -0.25) is 14.5 Å². The van der Waals surface area contributed by atoms with E-state index in [1.165, 1.54) is 18.1 Å². The summed E-state index contributed by atoms with van der Waals surface area (Å²) >= 11 is 0. The maximum Gasteiger partial charge on any atom is 0.256 e. The molecule has 3 rings (SSSR count). The van der Waals surface area contributed by atoms with Crippen molar-refractivity contribution in [2.75, 3.05) is 39.3 Å². The predicted octanol–water partition coefficient (Wildman–Crippen LogP) is 1.01. The number of rotatable bonds is 3. The van der Waals surface area contributed by atoms with Crippen LogP contribution in [0.15, 0.2) is 24.3 Å². The summed E-state index contributed by atoms with van der Waals surface area (Å²) in [6.45, 7) is 8.06. The lowest BCUT2D eigenvalue weighted by atomic mass is 9.91. The third-order valence-electron chi connectivity index (χ3n) is 5.63. The second-order valence-electron chi connectivity index (χ2n) is 7.57. The van der Waals surface area contributed by atoms with Crippen molar-refractivity contribution in [2.24, 2.45) is 0 Å². The Kier molecular flexibility index (Phi) is 5.63. The molecule has 1 atom stereocenters. The van der Waals surface area contributed by atoms with Crippen LogP contribution in [0.3, 0.4) is 0 Å². The standard InChI is InChI=1S/C20H29N3O3/c1-16-6-3-4-7-18(16)14-21-10-12-22(13-11-21)19(25)20(26)8-5-9-23(15-20)17(2)24/h3-4,6-7,26H,5,8-15H2,1-2H3/t20-/m1/s1. The molecule has 2 aliphatic rings. The topological polar surface area (TPSA) is 64.1 Å². The van der Waals surface area contributed by atoms with Gasteiger partial charge in [-0.1, -0.05) is 24.3 Å². The first-order valence-electron chi connectivity index (χ1n) is 9.43. The molecule has 1 aromatic carbocycles. The molecule has 6 heteroatoms. The van der Waals surface area contributed by atoms with Crippen molar-refractivity contribution in [2.45, 2.75) is 38.8 Å². The summed E-state index contributed by atoms with van der Waals surface area (Å²) < 4.78 is 0. The number of hydrogen-bond acceptors (Lipinski definition) is 4. The normalized spacial score (nSPS) is 24.6. The fourth-order valence-corrected chi connectivity index (χ4v) is 3.91. The van der Waals surface area contributed by atoms with Crippen LogP contribution in [0.4, 0.5) is 0 Å². The van der Waals surface area contributed by atoms with Crippen LogP contribution in [-0.2, 0) is 16.1 Å². The summed E-state index contributed by atoms with van der Waals surface area (Å²) in [5.41, 5.74) is 1.17. The number of hydrogen-bond donors (Lipinski definition) is 1. The quantitative estimate of drug-likeness (QED) is 0.875. The first kappa shape index (κ1) is 18.9. The van der Waals surface area contributed by atoms with Gasteiger partial charge in [-0.15, -0.1) is 0 Å². The zero-order valence-electron chi connectivity index (χ0n) is 15.8. The number of carbonyl (C=O) groups excluding carboxylic acids is 2. The third-order valence-corrected chi connectivity index (χ3v) is 5.63. The molecule has 142 valence electrons. The summed E-state index contributed by atoms with van der Waals surface area (Å²) in [5, 5.41) is 10.9. The van der Waals surface area contributed by atoms with Crippen molar-refractivity contribution in [1.82, 2.24) is 14.7 Å². The van der Waals surface area contributed by atoms with Gasteiger partial charge in [0, 0.05) is 46.2 Å². The Bertz CT molecular complexity index is 670. The van der Waals surface area contributed by atoms with Crippen LogP contribution >= 0.6 is 0 Å². The van der Waals surface area contributed by atoms with E-state index in [-0.39, 0.29) is 18.4 Å². The van der Waals surface area contributed by atoms with Gasteiger partial charge in [0.15, 0.2) is 5.60 Å². The molecule has 2 heterocycles. The number of nitrogens with zero attached hydrogens (tertiary/aromatic N) is 3. The van der Waals surface area contributed by atoms with Crippen LogP contribution in [0.25, 0.3) is 0 Å².